The van der Waals surface area contributed by atoms with E-state index >= 15 is 0 Å². The van der Waals surface area contributed by atoms with Gasteiger partial charge in [-0.3, -0.25) is 4.55 Å². The second-order valence-electron chi connectivity index (χ2n) is 3.51. The van der Waals surface area contributed by atoms with Gasteiger partial charge < -0.3 is 4.74 Å². The molecule has 1 N–H and O–H groups in total. The molecule has 0 radical (unpaired) electrons. The lowest BCUT2D eigenvalue weighted by atomic mass is 10.2. The number of hydrogen-bond acceptors (Lipinski definition) is 4. The summed E-state index contributed by atoms with van der Waals surface area (Å²) in [6, 6.07) is 1.92. The van der Waals surface area contributed by atoms with E-state index in [-0.39, 0.29) is 5.75 Å². The van der Waals surface area contributed by atoms with E-state index in [1.165, 1.54) is 0 Å². The average Bonchev–Trinajstić information content (AvgIpc) is 2.67. The van der Waals surface area contributed by atoms with Crippen molar-refractivity contribution in [3.8, 4) is 5.75 Å². The first-order valence-corrected chi connectivity index (χ1v) is 7.73. The third-order valence-electron chi connectivity index (χ3n) is 2.06. The van der Waals surface area contributed by atoms with Gasteiger partial charge in [0.1, 0.15) is 5.75 Å². The Labute approximate surface area is 100 Å². The zero-order valence-corrected chi connectivity index (χ0v) is 10.6. The van der Waals surface area contributed by atoms with Gasteiger partial charge in [-0.25, -0.2) is 0 Å². The molecular weight excluding hydrogens is 248 g/mol. The lowest BCUT2D eigenvalue weighted by Gasteiger charge is -2.03. The van der Waals surface area contributed by atoms with Gasteiger partial charge in [-0.15, -0.1) is 11.3 Å². The highest BCUT2D eigenvalue weighted by molar-refractivity contribution is 7.85. The fourth-order valence-electron chi connectivity index (χ4n) is 1.26. The normalized spacial score (nSPS) is 11.6. The second kappa shape index (κ2) is 6.88. The Balaban J connectivity index is 1.93. The van der Waals surface area contributed by atoms with Crippen LogP contribution >= 0.6 is 11.3 Å². The largest absolute Gasteiger partial charge is 0.493 e. The molecule has 0 bridgehead atoms. The molecule has 92 valence electrons. The molecule has 16 heavy (non-hydrogen) atoms. The van der Waals surface area contributed by atoms with Gasteiger partial charge in [0.15, 0.2) is 0 Å². The molecule has 1 aromatic heterocycles. The summed E-state index contributed by atoms with van der Waals surface area (Å²) >= 11 is 1.59. The summed E-state index contributed by atoms with van der Waals surface area (Å²) in [7, 11) is -3.78. The minimum Gasteiger partial charge on any atom is -0.493 e. The summed E-state index contributed by atoms with van der Waals surface area (Å²) in [5.74, 6) is 0.751. The minimum absolute atomic E-state index is 0.140. The third-order valence-corrected chi connectivity index (χ3v) is 3.53. The molecule has 0 aliphatic carbocycles. The van der Waals surface area contributed by atoms with Crippen molar-refractivity contribution in [3.05, 3.63) is 16.8 Å². The van der Waals surface area contributed by atoms with Crippen LogP contribution in [0.15, 0.2) is 16.8 Å². The van der Waals surface area contributed by atoms with Gasteiger partial charge in [0.2, 0.25) is 0 Å². The van der Waals surface area contributed by atoms with Crippen molar-refractivity contribution in [3.63, 3.8) is 0 Å². The third kappa shape index (κ3) is 6.81. The molecule has 0 fully saturated rings. The Morgan fingerprint density at radius 1 is 1.25 bits per heavy atom. The molecule has 4 nitrogen and oxygen atoms in total. The second-order valence-corrected chi connectivity index (χ2v) is 5.86. The van der Waals surface area contributed by atoms with Crippen LogP contribution in [-0.4, -0.2) is 25.3 Å². The van der Waals surface area contributed by atoms with Crippen LogP contribution in [0.1, 0.15) is 25.7 Å². The Bertz CT molecular complexity index is 370. The van der Waals surface area contributed by atoms with Crippen molar-refractivity contribution in [1.29, 1.82) is 0 Å². The maximum Gasteiger partial charge on any atom is 0.264 e. The van der Waals surface area contributed by atoms with Crippen molar-refractivity contribution in [2.24, 2.45) is 0 Å². The minimum atomic E-state index is -3.78. The molecule has 0 spiro atoms. The van der Waals surface area contributed by atoms with E-state index in [1.54, 1.807) is 11.3 Å². The highest BCUT2D eigenvalue weighted by atomic mass is 32.2. The van der Waals surface area contributed by atoms with Gasteiger partial charge in [-0.1, -0.05) is 12.8 Å². The van der Waals surface area contributed by atoms with Crippen molar-refractivity contribution < 1.29 is 17.7 Å². The molecule has 1 heterocycles. The Hall–Kier alpha value is -0.590. The van der Waals surface area contributed by atoms with Crippen LogP contribution in [0, 0.1) is 0 Å². The number of thiophene rings is 1. The van der Waals surface area contributed by atoms with E-state index in [2.05, 4.69) is 0 Å². The lowest BCUT2D eigenvalue weighted by molar-refractivity contribution is 0.306. The van der Waals surface area contributed by atoms with Crippen molar-refractivity contribution in [2.45, 2.75) is 25.7 Å². The van der Waals surface area contributed by atoms with E-state index in [0.717, 1.165) is 25.0 Å². The molecule has 0 unspecified atom stereocenters. The Morgan fingerprint density at radius 2 is 2.00 bits per heavy atom. The fraction of sp³-hybridized carbons (Fsp3) is 0.600. The molecule has 0 saturated carbocycles. The number of hydrogen-bond donors (Lipinski definition) is 1. The molecule has 0 aliphatic rings. The maximum atomic E-state index is 10.4. The summed E-state index contributed by atoms with van der Waals surface area (Å²) in [6.45, 7) is 0.655. The van der Waals surface area contributed by atoms with E-state index in [4.69, 9.17) is 9.29 Å². The first-order chi connectivity index (χ1) is 7.58. The van der Waals surface area contributed by atoms with Gasteiger partial charge in [0.05, 0.1) is 12.4 Å². The smallest absolute Gasteiger partial charge is 0.264 e. The highest BCUT2D eigenvalue weighted by Gasteiger charge is 2.02. The molecule has 6 heteroatoms. The molecule has 0 amide bonds. The predicted octanol–water partition coefficient (Wildman–Crippen LogP) is 2.58. The van der Waals surface area contributed by atoms with Crippen molar-refractivity contribution in [2.75, 3.05) is 12.4 Å². The highest BCUT2D eigenvalue weighted by Crippen LogP contribution is 2.15. The van der Waals surface area contributed by atoms with Gasteiger partial charge in [0.25, 0.3) is 10.1 Å². The van der Waals surface area contributed by atoms with Gasteiger partial charge >= 0.3 is 0 Å². The predicted molar refractivity (Wildman–Crippen MR) is 64.7 cm³/mol. The molecule has 0 aliphatic heterocycles. The van der Waals surface area contributed by atoms with E-state index < -0.39 is 10.1 Å². The number of ether oxygens (including phenoxy) is 1. The lowest BCUT2D eigenvalue weighted by Crippen LogP contribution is -2.03. The average molecular weight is 264 g/mol. The van der Waals surface area contributed by atoms with Crippen LogP contribution in [0.3, 0.4) is 0 Å². The number of rotatable bonds is 8. The topological polar surface area (TPSA) is 63.6 Å². The molecule has 1 rings (SSSR count). The van der Waals surface area contributed by atoms with E-state index in [0.29, 0.717) is 13.0 Å². The summed E-state index contributed by atoms with van der Waals surface area (Å²) in [6.07, 6.45) is 3.13. The van der Waals surface area contributed by atoms with Crippen LogP contribution < -0.4 is 4.74 Å². The van der Waals surface area contributed by atoms with Crippen LogP contribution in [0.25, 0.3) is 0 Å². The maximum absolute atomic E-state index is 10.4. The monoisotopic (exact) mass is 264 g/mol. The molecule has 1 aromatic rings. The standard InChI is InChI=1S/C10H16O4S2/c11-16(12,13)8-4-2-1-3-6-14-10-5-7-15-9-10/h5,7,9H,1-4,6,8H2,(H,11,12,13). The van der Waals surface area contributed by atoms with Crippen LogP contribution in [-0.2, 0) is 10.1 Å². The molecule has 0 saturated heterocycles. The summed E-state index contributed by atoms with van der Waals surface area (Å²) in [4.78, 5) is 0. The number of unbranched alkanes of at least 4 members (excludes halogenated alkanes) is 3. The molecule has 0 aromatic carbocycles. The first-order valence-electron chi connectivity index (χ1n) is 5.18. The van der Waals surface area contributed by atoms with Crippen LogP contribution in [0.4, 0.5) is 0 Å². The first kappa shape index (κ1) is 13.5. The Morgan fingerprint density at radius 3 is 2.62 bits per heavy atom. The zero-order chi connectivity index (χ0) is 11.9. The molecular formula is C10H16O4S2. The van der Waals surface area contributed by atoms with E-state index in [1.807, 2.05) is 16.8 Å². The van der Waals surface area contributed by atoms with Gasteiger partial charge in [0, 0.05) is 5.38 Å². The van der Waals surface area contributed by atoms with Crippen LogP contribution in [0.5, 0.6) is 5.75 Å². The summed E-state index contributed by atoms with van der Waals surface area (Å²) < 4.78 is 34.7. The van der Waals surface area contributed by atoms with Crippen LogP contribution in [0.2, 0.25) is 0 Å². The summed E-state index contributed by atoms with van der Waals surface area (Å²) in [5, 5.41) is 3.90. The molecule has 0 atom stereocenters. The zero-order valence-electron chi connectivity index (χ0n) is 8.96. The van der Waals surface area contributed by atoms with Gasteiger partial charge in [-0.2, -0.15) is 8.42 Å². The Kier molecular flexibility index (Phi) is 5.79. The summed E-state index contributed by atoms with van der Waals surface area (Å²) in [5.41, 5.74) is 0. The van der Waals surface area contributed by atoms with Gasteiger partial charge in [-0.05, 0) is 24.3 Å². The quantitative estimate of drug-likeness (QED) is 0.579. The van der Waals surface area contributed by atoms with E-state index in [9.17, 15) is 8.42 Å². The fourth-order valence-corrected chi connectivity index (χ4v) is 2.41. The SMILES string of the molecule is O=S(=O)(O)CCCCCCOc1ccsc1. The van der Waals surface area contributed by atoms with Crippen molar-refractivity contribution in [1.82, 2.24) is 0 Å². The van der Waals surface area contributed by atoms with Crippen molar-refractivity contribution >= 4 is 21.5 Å².